The van der Waals surface area contributed by atoms with Crippen LogP contribution in [0.4, 0.5) is 15.3 Å². The maximum absolute atomic E-state index is 13.9. The van der Waals surface area contributed by atoms with Crippen LogP contribution < -0.4 is 5.32 Å². The average Bonchev–Trinajstić information content (AvgIpc) is 3.25. The summed E-state index contributed by atoms with van der Waals surface area (Å²) < 4.78 is 11.7. The fourth-order valence-electron chi connectivity index (χ4n) is 7.37. The average molecular weight is 634 g/mol. The summed E-state index contributed by atoms with van der Waals surface area (Å²) in [5, 5.41) is 13.4. The maximum atomic E-state index is 13.9. The zero-order valence-electron chi connectivity index (χ0n) is 27.1. The molecule has 4 aliphatic rings. The predicted molar refractivity (Wildman–Crippen MR) is 174 cm³/mol. The molecule has 4 aliphatic heterocycles. The second-order valence-electron chi connectivity index (χ2n) is 13.1. The van der Waals surface area contributed by atoms with E-state index in [0.29, 0.717) is 51.6 Å². The van der Waals surface area contributed by atoms with Crippen molar-refractivity contribution in [3.05, 3.63) is 58.7 Å². The largest absolute Gasteiger partial charge is 0.507 e. The van der Waals surface area contributed by atoms with Crippen molar-refractivity contribution in [2.45, 2.75) is 70.6 Å². The molecule has 11 heteroatoms. The third-order valence-corrected chi connectivity index (χ3v) is 10.1. The number of para-hydroxylation sites is 1. The van der Waals surface area contributed by atoms with E-state index in [1.807, 2.05) is 60.0 Å². The van der Waals surface area contributed by atoms with Crippen molar-refractivity contribution in [1.29, 1.82) is 0 Å². The number of amides is 4. The van der Waals surface area contributed by atoms with Crippen molar-refractivity contribution >= 4 is 23.7 Å². The number of fused-ring (bicyclic) bond motifs is 1. The summed E-state index contributed by atoms with van der Waals surface area (Å²) in [6.45, 7) is 9.41. The van der Waals surface area contributed by atoms with E-state index in [2.05, 4.69) is 10.2 Å². The predicted octanol–water partition coefficient (Wildman–Crippen LogP) is 3.93. The Morgan fingerprint density at radius 3 is 2.37 bits per heavy atom. The highest BCUT2D eigenvalue weighted by molar-refractivity contribution is 5.91. The molecule has 2 aromatic carbocycles. The maximum Gasteiger partial charge on any atom is 0.410 e. The minimum Gasteiger partial charge on any atom is -0.507 e. The number of carbonyl (C=O) groups is 3. The molecule has 3 saturated heterocycles. The standard InChI is InChI=1S/C35H47N5O6/c1-24-20-26(21-25(2)32(24)41)22-31(33(42)38-17-15-37(16-18-38)29-7-5-19-45-23-29)46-35(44)39-12-10-28(11-13-39)40-14-9-27-6-3-4-8-30(27)36-34(40)43/h3-4,6,8,20-21,28-29,31,41H,5,7,9-19,22-23H2,1-2H3,(H,36,43)/t29?,31-/m1/s1. The Hall–Kier alpha value is -3.83. The summed E-state index contributed by atoms with van der Waals surface area (Å²) in [7, 11) is 0. The third-order valence-electron chi connectivity index (χ3n) is 10.1. The highest BCUT2D eigenvalue weighted by Gasteiger charge is 2.36. The van der Waals surface area contributed by atoms with Crippen molar-refractivity contribution in [2.75, 3.05) is 64.3 Å². The number of aryl methyl sites for hydroxylation is 2. The van der Waals surface area contributed by atoms with E-state index in [0.717, 1.165) is 73.5 Å². The van der Waals surface area contributed by atoms with Crippen molar-refractivity contribution < 1.29 is 29.0 Å². The molecule has 0 saturated carbocycles. The van der Waals surface area contributed by atoms with Gasteiger partial charge in [-0.25, -0.2) is 9.59 Å². The number of benzene rings is 2. The van der Waals surface area contributed by atoms with Crippen LogP contribution >= 0.6 is 0 Å². The van der Waals surface area contributed by atoms with Crippen molar-refractivity contribution in [3.63, 3.8) is 0 Å². The SMILES string of the molecule is Cc1cc(C[C@@H](OC(=O)N2CCC(N3CCc4ccccc4NC3=O)CC2)C(=O)N2CCN(C3CCCOC3)CC2)cc(C)c1O. The van der Waals surface area contributed by atoms with E-state index >= 15 is 0 Å². The third kappa shape index (κ3) is 7.25. The summed E-state index contributed by atoms with van der Waals surface area (Å²) in [6.07, 6.45) is 2.97. The number of piperidine rings is 1. The molecule has 2 atom stereocenters. The molecule has 0 bridgehead atoms. The lowest BCUT2D eigenvalue weighted by atomic mass is 10.00. The number of hydrogen-bond donors (Lipinski definition) is 2. The number of urea groups is 1. The Labute approximate surface area is 271 Å². The zero-order valence-corrected chi connectivity index (χ0v) is 27.1. The van der Waals surface area contributed by atoms with Gasteiger partial charge in [-0.15, -0.1) is 0 Å². The van der Waals surface area contributed by atoms with Crippen molar-refractivity contribution in [2.24, 2.45) is 0 Å². The Balaban J connectivity index is 1.09. The minimum atomic E-state index is -0.979. The number of phenols is 1. The fraction of sp³-hybridized carbons (Fsp3) is 0.571. The molecule has 46 heavy (non-hydrogen) atoms. The Morgan fingerprint density at radius 2 is 1.67 bits per heavy atom. The first-order valence-corrected chi connectivity index (χ1v) is 16.8. The molecule has 0 aromatic heterocycles. The van der Waals surface area contributed by atoms with Gasteiger partial charge < -0.3 is 34.6 Å². The molecule has 3 fully saturated rings. The summed E-state index contributed by atoms with van der Waals surface area (Å²) in [4.78, 5) is 48.3. The fourth-order valence-corrected chi connectivity index (χ4v) is 7.37. The summed E-state index contributed by atoms with van der Waals surface area (Å²) in [6, 6.07) is 11.9. The Morgan fingerprint density at radius 1 is 0.957 bits per heavy atom. The highest BCUT2D eigenvalue weighted by Crippen LogP contribution is 2.27. The monoisotopic (exact) mass is 633 g/mol. The van der Waals surface area contributed by atoms with Gasteiger partial charge in [0.2, 0.25) is 0 Å². The molecule has 4 amide bonds. The Bertz CT molecular complexity index is 1390. The lowest BCUT2D eigenvalue weighted by molar-refractivity contribution is -0.143. The number of aromatic hydroxyl groups is 1. The van der Waals surface area contributed by atoms with Gasteiger partial charge in [0.25, 0.3) is 5.91 Å². The van der Waals surface area contributed by atoms with Crippen LogP contribution in [-0.4, -0.2) is 120 Å². The molecule has 248 valence electrons. The van der Waals surface area contributed by atoms with Gasteiger partial charge in [0.05, 0.1) is 6.61 Å². The number of nitrogens with one attached hydrogen (secondary N) is 1. The van der Waals surface area contributed by atoms with Crippen LogP contribution in [0, 0.1) is 13.8 Å². The molecule has 0 spiro atoms. The molecule has 0 radical (unpaired) electrons. The van der Waals surface area contributed by atoms with Gasteiger partial charge in [0, 0.05) is 76.6 Å². The van der Waals surface area contributed by atoms with Crippen LogP contribution in [0.25, 0.3) is 0 Å². The normalized spacial score (nSPS) is 22.1. The van der Waals surface area contributed by atoms with Gasteiger partial charge in [-0.2, -0.15) is 0 Å². The molecular weight excluding hydrogens is 586 g/mol. The number of hydrogen-bond acceptors (Lipinski definition) is 7. The van der Waals surface area contributed by atoms with E-state index < -0.39 is 12.2 Å². The van der Waals surface area contributed by atoms with E-state index in [1.54, 1.807) is 4.90 Å². The van der Waals surface area contributed by atoms with E-state index in [9.17, 15) is 19.5 Å². The van der Waals surface area contributed by atoms with Crippen molar-refractivity contribution in [1.82, 2.24) is 19.6 Å². The van der Waals surface area contributed by atoms with Gasteiger partial charge in [0.15, 0.2) is 6.10 Å². The number of nitrogens with zero attached hydrogens (tertiary/aromatic N) is 4. The summed E-state index contributed by atoms with van der Waals surface area (Å²) in [5.41, 5.74) is 4.26. The van der Waals surface area contributed by atoms with Gasteiger partial charge in [-0.3, -0.25) is 9.69 Å². The van der Waals surface area contributed by atoms with Crippen LogP contribution in [0.1, 0.15) is 47.9 Å². The van der Waals surface area contributed by atoms with Gasteiger partial charge >= 0.3 is 12.1 Å². The molecule has 6 rings (SSSR count). The van der Waals surface area contributed by atoms with E-state index in [1.165, 1.54) is 0 Å². The molecule has 4 heterocycles. The summed E-state index contributed by atoms with van der Waals surface area (Å²) >= 11 is 0. The van der Waals surface area contributed by atoms with Crippen LogP contribution in [-0.2, 0) is 27.1 Å². The second kappa shape index (κ2) is 14.3. The molecule has 1 unspecified atom stereocenters. The number of likely N-dealkylation sites (tertiary alicyclic amines) is 1. The van der Waals surface area contributed by atoms with Crippen LogP contribution in [0.2, 0.25) is 0 Å². The number of piperazine rings is 1. The highest BCUT2D eigenvalue weighted by atomic mass is 16.6. The molecular formula is C35H47N5O6. The summed E-state index contributed by atoms with van der Waals surface area (Å²) in [5.74, 6) is 0.0447. The first-order valence-electron chi connectivity index (χ1n) is 16.8. The number of ether oxygens (including phenoxy) is 2. The lowest BCUT2D eigenvalue weighted by Gasteiger charge is -2.41. The topological polar surface area (TPSA) is 115 Å². The molecule has 0 aliphatic carbocycles. The Kier molecular flexibility index (Phi) is 9.98. The quantitative estimate of drug-likeness (QED) is 0.496. The first-order chi connectivity index (χ1) is 22.3. The first kappa shape index (κ1) is 32.1. The number of rotatable bonds is 6. The molecule has 2 aromatic rings. The minimum absolute atomic E-state index is 0.0181. The smallest absolute Gasteiger partial charge is 0.410 e. The van der Waals surface area contributed by atoms with Gasteiger partial charge in [-0.05, 0) is 74.3 Å². The zero-order chi connectivity index (χ0) is 32.2. The molecule has 2 N–H and O–H groups in total. The number of carbonyl (C=O) groups excluding carboxylic acids is 3. The van der Waals surface area contributed by atoms with Crippen LogP contribution in [0.15, 0.2) is 36.4 Å². The second-order valence-corrected chi connectivity index (χ2v) is 13.1. The molecule has 11 nitrogen and oxygen atoms in total. The van der Waals surface area contributed by atoms with E-state index in [4.69, 9.17) is 9.47 Å². The van der Waals surface area contributed by atoms with Crippen molar-refractivity contribution in [3.8, 4) is 5.75 Å². The van der Waals surface area contributed by atoms with Crippen LogP contribution in [0.3, 0.4) is 0 Å². The van der Waals surface area contributed by atoms with Gasteiger partial charge in [-0.1, -0.05) is 30.3 Å². The lowest BCUT2D eigenvalue weighted by Crippen LogP contribution is -2.56. The van der Waals surface area contributed by atoms with Gasteiger partial charge in [0.1, 0.15) is 5.75 Å². The number of phenolic OH excluding ortho intramolecular Hbond substituents is 1. The number of anilines is 1. The van der Waals surface area contributed by atoms with Crippen LogP contribution in [0.5, 0.6) is 5.75 Å². The van der Waals surface area contributed by atoms with E-state index in [-0.39, 0.29) is 30.2 Å².